The Morgan fingerprint density at radius 1 is 1.14 bits per heavy atom. The van der Waals surface area contributed by atoms with E-state index < -0.39 is 0 Å². The summed E-state index contributed by atoms with van der Waals surface area (Å²) in [6.07, 6.45) is 1.18. The lowest BCUT2D eigenvalue weighted by molar-refractivity contribution is 0.0992. The highest BCUT2D eigenvalue weighted by molar-refractivity contribution is 5.97. The lowest BCUT2D eigenvalue weighted by Gasteiger charge is -2.09. The van der Waals surface area contributed by atoms with Gasteiger partial charge < -0.3 is 10.5 Å². The van der Waals surface area contributed by atoms with E-state index >= 15 is 0 Å². The Hall–Kier alpha value is -2.13. The fourth-order valence-electron chi connectivity index (χ4n) is 2.34. The minimum atomic E-state index is 0.0956. The zero-order chi connectivity index (χ0) is 15.2. The SMILES string of the molecule is COc1ccc(C)cc1CC(=O)c1ccc(CCN)cc1. The third-order valence-corrected chi connectivity index (χ3v) is 3.50. The fourth-order valence-corrected chi connectivity index (χ4v) is 2.34. The lowest BCUT2D eigenvalue weighted by Crippen LogP contribution is -2.06. The van der Waals surface area contributed by atoms with Crippen molar-refractivity contribution in [3.05, 3.63) is 64.7 Å². The maximum absolute atomic E-state index is 12.4. The topological polar surface area (TPSA) is 52.3 Å². The second kappa shape index (κ2) is 7.04. The van der Waals surface area contributed by atoms with Crippen molar-refractivity contribution in [2.24, 2.45) is 5.73 Å². The Morgan fingerprint density at radius 2 is 1.86 bits per heavy atom. The summed E-state index contributed by atoms with van der Waals surface area (Å²) in [6, 6.07) is 13.6. The molecular weight excluding hydrogens is 262 g/mol. The standard InChI is InChI=1S/C18H21NO2/c1-13-3-8-18(21-2)16(11-13)12-17(20)15-6-4-14(5-7-15)9-10-19/h3-8,11H,9-10,12,19H2,1-2H3. The molecule has 21 heavy (non-hydrogen) atoms. The molecule has 0 aliphatic heterocycles. The van der Waals surface area contributed by atoms with Gasteiger partial charge in [0.25, 0.3) is 0 Å². The summed E-state index contributed by atoms with van der Waals surface area (Å²) in [5, 5.41) is 0. The van der Waals surface area contributed by atoms with Crippen LogP contribution in [0.15, 0.2) is 42.5 Å². The molecule has 2 aromatic carbocycles. The van der Waals surface area contributed by atoms with Gasteiger partial charge in [0.15, 0.2) is 5.78 Å². The van der Waals surface area contributed by atoms with Crippen LogP contribution >= 0.6 is 0 Å². The van der Waals surface area contributed by atoms with Crippen LogP contribution in [0, 0.1) is 6.92 Å². The molecule has 0 bridgehead atoms. The van der Waals surface area contributed by atoms with E-state index in [1.54, 1.807) is 7.11 Å². The van der Waals surface area contributed by atoms with Crippen LogP contribution in [-0.4, -0.2) is 19.4 Å². The van der Waals surface area contributed by atoms with Crippen LogP contribution in [0.1, 0.15) is 27.0 Å². The molecule has 0 aromatic heterocycles. The second-order valence-corrected chi connectivity index (χ2v) is 5.15. The van der Waals surface area contributed by atoms with E-state index in [9.17, 15) is 4.79 Å². The Bertz CT molecular complexity index is 618. The Kier molecular flexibility index (Phi) is 5.12. The van der Waals surface area contributed by atoms with Gasteiger partial charge in [-0.15, -0.1) is 0 Å². The molecule has 0 fully saturated rings. The highest BCUT2D eigenvalue weighted by Crippen LogP contribution is 2.21. The van der Waals surface area contributed by atoms with E-state index in [-0.39, 0.29) is 5.78 Å². The first-order chi connectivity index (χ1) is 10.1. The smallest absolute Gasteiger partial charge is 0.167 e. The number of ether oxygens (including phenoxy) is 1. The lowest BCUT2D eigenvalue weighted by atomic mass is 9.99. The van der Waals surface area contributed by atoms with Crippen LogP contribution in [0.3, 0.4) is 0 Å². The molecule has 0 radical (unpaired) electrons. The van der Waals surface area contributed by atoms with Gasteiger partial charge in [-0.2, -0.15) is 0 Å². The summed E-state index contributed by atoms with van der Waals surface area (Å²) >= 11 is 0. The van der Waals surface area contributed by atoms with Crippen LogP contribution in [-0.2, 0) is 12.8 Å². The number of Topliss-reactive ketones (excluding diaryl/α,β-unsaturated/α-hetero) is 1. The van der Waals surface area contributed by atoms with Crippen molar-refractivity contribution >= 4 is 5.78 Å². The van der Waals surface area contributed by atoms with E-state index in [0.29, 0.717) is 13.0 Å². The van der Waals surface area contributed by atoms with Crippen molar-refractivity contribution < 1.29 is 9.53 Å². The van der Waals surface area contributed by atoms with E-state index in [0.717, 1.165) is 34.4 Å². The highest BCUT2D eigenvalue weighted by Gasteiger charge is 2.11. The summed E-state index contributed by atoms with van der Waals surface area (Å²) in [6.45, 7) is 2.63. The number of hydrogen-bond donors (Lipinski definition) is 1. The summed E-state index contributed by atoms with van der Waals surface area (Å²) in [4.78, 5) is 12.4. The average molecular weight is 283 g/mol. The number of carbonyl (C=O) groups excluding carboxylic acids is 1. The van der Waals surface area contributed by atoms with Crippen molar-refractivity contribution in [1.82, 2.24) is 0 Å². The quantitative estimate of drug-likeness (QED) is 0.829. The number of methoxy groups -OCH3 is 1. The Balaban J connectivity index is 2.15. The van der Waals surface area contributed by atoms with Gasteiger partial charge in [-0.3, -0.25) is 4.79 Å². The van der Waals surface area contributed by atoms with Crippen molar-refractivity contribution in [2.75, 3.05) is 13.7 Å². The molecule has 110 valence electrons. The summed E-state index contributed by atoms with van der Waals surface area (Å²) in [5.41, 5.74) is 9.45. The average Bonchev–Trinajstić information content (AvgIpc) is 2.48. The predicted octanol–water partition coefficient (Wildman–Crippen LogP) is 2.93. The van der Waals surface area contributed by atoms with Crippen molar-refractivity contribution in [1.29, 1.82) is 0 Å². The number of hydrogen-bond acceptors (Lipinski definition) is 3. The molecule has 2 rings (SSSR count). The van der Waals surface area contributed by atoms with Gasteiger partial charge in [-0.25, -0.2) is 0 Å². The first kappa shape index (κ1) is 15.3. The number of aryl methyl sites for hydroxylation is 1. The van der Waals surface area contributed by atoms with Gasteiger partial charge in [0.1, 0.15) is 5.75 Å². The van der Waals surface area contributed by atoms with Gasteiger partial charge in [-0.05, 0) is 31.5 Å². The molecule has 0 amide bonds. The van der Waals surface area contributed by atoms with Gasteiger partial charge in [-0.1, -0.05) is 42.0 Å². The van der Waals surface area contributed by atoms with Crippen molar-refractivity contribution in [3.63, 3.8) is 0 Å². The molecular formula is C18H21NO2. The van der Waals surface area contributed by atoms with Crippen LogP contribution in [0.25, 0.3) is 0 Å². The first-order valence-electron chi connectivity index (χ1n) is 7.09. The van der Waals surface area contributed by atoms with E-state index in [1.807, 2.05) is 49.4 Å². The maximum Gasteiger partial charge on any atom is 0.167 e. The van der Waals surface area contributed by atoms with Crippen LogP contribution in [0.2, 0.25) is 0 Å². The molecule has 0 aliphatic rings. The maximum atomic E-state index is 12.4. The molecule has 2 N–H and O–H groups in total. The normalized spacial score (nSPS) is 10.4. The molecule has 0 saturated heterocycles. The molecule has 0 heterocycles. The number of rotatable bonds is 6. The first-order valence-corrected chi connectivity index (χ1v) is 7.09. The molecule has 0 atom stereocenters. The molecule has 2 aromatic rings. The summed E-state index contributed by atoms with van der Waals surface area (Å²) in [7, 11) is 1.63. The van der Waals surface area contributed by atoms with E-state index in [4.69, 9.17) is 10.5 Å². The van der Waals surface area contributed by atoms with Crippen LogP contribution in [0.4, 0.5) is 0 Å². The van der Waals surface area contributed by atoms with Crippen molar-refractivity contribution in [2.45, 2.75) is 19.8 Å². The van der Waals surface area contributed by atoms with E-state index in [2.05, 4.69) is 0 Å². The van der Waals surface area contributed by atoms with Gasteiger partial charge in [0, 0.05) is 17.5 Å². The number of ketones is 1. The van der Waals surface area contributed by atoms with Gasteiger partial charge in [0.05, 0.1) is 7.11 Å². The molecule has 3 nitrogen and oxygen atoms in total. The number of carbonyl (C=O) groups is 1. The largest absolute Gasteiger partial charge is 0.496 e. The number of nitrogens with two attached hydrogens (primary N) is 1. The third kappa shape index (κ3) is 3.92. The molecule has 0 saturated carbocycles. The van der Waals surface area contributed by atoms with Gasteiger partial charge in [0.2, 0.25) is 0 Å². The third-order valence-electron chi connectivity index (χ3n) is 3.50. The minimum Gasteiger partial charge on any atom is -0.496 e. The van der Waals surface area contributed by atoms with Crippen molar-refractivity contribution in [3.8, 4) is 5.75 Å². The molecule has 3 heteroatoms. The van der Waals surface area contributed by atoms with Crippen LogP contribution in [0.5, 0.6) is 5.75 Å². The zero-order valence-corrected chi connectivity index (χ0v) is 12.6. The summed E-state index contributed by atoms with van der Waals surface area (Å²) < 4.78 is 5.32. The molecule has 0 spiro atoms. The zero-order valence-electron chi connectivity index (χ0n) is 12.6. The van der Waals surface area contributed by atoms with E-state index in [1.165, 1.54) is 0 Å². The minimum absolute atomic E-state index is 0.0956. The highest BCUT2D eigenvalue weighted by atomic mass is 16.5. The Morgan fingerprint density at radius 3 is 2.48 bits per heavy atom. The predicted molar refractivity (Wildman–Crippen MR) is 85.0 cm³/mol. The molecule has 0 aliphatic carbocycles. The monoisotopic (exact) mass is 283 g/mol. The second-order valence-electron chi connectivity index (χ2n) is 5.15. The summed E-state index contributed by atoms with van der Waals surface area (Å²) in [5.74, 6) is 0.854. The Labute approximate surface area is 125 Å². The fraction of sp³-hybridized carbons (Fsp3) is 0.278. The molecule has 0 unspecified atom stereocenters. The van der Waals surface area contributed by atoms with Crippen LogP contribution < -0.4 is 10.5 Å². The van der Waals surface area contributed by atoms with Gasteiger partial charge >= 0.3 is 0 Å². The number of benzene rings is 2.